The van der Waals surface area contributed by atoms with Crippen LogP contribution < -0.4 is 5.73 Å². The Kier molecular flexibility index (Phi) is 1.80. The molecule has 2 N–H and O–H groups in total. The molecule has 0 bridgehead atoms. The van der Waals surface area contributed by atoms with E-state index in [4.69, 9.17) is 5.73 Å². The summed E-state index contributed by atoms with van der Waals surface area (Å²) in [5, 5.41) is 4.28. The van der Waals surface area contributed by atoms with Crippen LogP contribution in [0.1, 0.15) is 37.9 Å². The number of nitrogens with zero attached hydrogens (tertiary/aromatic N) is 2. The van der Waals surface area contributed by atoms with Crippen molar-refractivity contribution >= 4 is 0 Å². The molecule has 78 valence electrons. The summed E-state index contributed by atoms with van der Waals surface area (Å²) in [5.74, 6) is 0. The van der Waals surface area contributed by atoms with Crippen molar-refractivity contribution in [3.05, 3.63) is 17.5 Å². The fourth-order valence-electron chi connectivity index (χ4n) is 2.14. The standard InChI is InChI=1S/C11H19N3/c1-8-9(7-13-14(8)4)10(2,3)11(12)5-6-11/h7H,5-6,12H2,1-4H3. The van der Waals surface area contributed by atoms with Gasteiger partial charge in [-0.05, 0) is 19.8 Å². The molecule has 0 radical (unpaired) electrons. The minimum atomic E-state index is 0.000787. The molecule has 1 fully saturated rings. The van der Waals surface area contributed by atoms with E-state index in [9.17, 15) is 0 Å². The summed E-state index contributed by atoms with van der Waals surface area (Å²) in [6.07, 6.45) is 4.23. The van der Waals surface area contributed by atoms with Gasteiger partial charge in [-0.25, -0.2) is 0 Å². The van der Waals surface area contributed by atoms with Crippen LogP contribution in [0, 0.1) is 6.92 Å². The second kappa shape index (κ2) is 2.60. The Morgan fingerprint density at radius 1 is 1.50 bits per heavy atom. The van der Waals surface area contributed by atoms with Gasteiger partial charge in [0.25, 0.3) is 0 Å². The van der Waals surface area contributed by atoms with E-state index in [0.717, 1.165) is 12.8 Å². The molecule has 3 nitrogen and oxygen atoms in total. The van der Waals surface area contributed by atoms with Gasteiger partial charge in [0.05, 0.1) is 6.20 Å². The normalized spacial score (nSPS) is 19.8. The molecule has 0 atom stereocenters. The van der Waals surface area contributed by atoms with E-state index in [1.807, 2.05) is 17.9 Å². The Balaban J connectivity index is 2.43. The first-order valence-electron chi connectivity index (χ1n) is 5.16. The van der Waals surface area contributed by atoms with Crippen LogP contribution in [-0.4, -0.2) is 15.3 Å². The van der Waals surface area contributed by atoms with E-state index < -0.39 is 0 Å². The molecule has 1 aliphatic rings. The second-order valence-electron chi connectivity index (χ2n) is 5.05. The number of rotatable bonds is 2. The lowest BCUT2D eigenvalue weighted by Crippen LogP contribution is -2.43. The van der Waals surface area contributed by atoms with Crippen LogP contribution in [-0.2, 0) is 12.5 Å². The van der Waals surface area contributed by atoms with Gasteiger partial charge in [-0.1, -0.05) is 13.8 Å². The molecule has 1 aliphatic carbocycles. The summed E-state index contributed by atoms with van der Waals surface area (Å²) >= 11 is 0. The van der Waals surface area contributed by atoms with Crippen LogP contribution in [0.3, 0.4) is 0 Å². The Morgan fingerprint density at radius 3 is 2.43 bits per heavy atom. The monoisotopic (exact) mass is 193 g/mol. The zero-order valence-electron chi connectivity index (χ0n) is 9.46. The topological polar surface area (TPSA) is 43.8 Å². The van der Waals surface area contributed by atoms with Crippen LogP contribution in [0.2, 0.25) is 0 Å². The van der Waals surface area contributed by atoms with Crippen LogP contribution in [0.25, 0.3) is 0 Å². The maximum Gasteiger partial charge on any atom is 0.0530 e. The van der Waals surface area contributed by atoms with Gasteiger partial charge < -0.3 is 5.73 Å². The lowest BCUT2D eigenvalue weighted by atomic mass is 9.76. The van der Waals surface area contributed by atoms with Crippen molar-refractivity contribution in [2.45, 2.75) is 44.6 Å². The van der Waals surface area contributed by atoms with Crippen LogP contribution in [0.15, 0.2) is 6.20 Å². The molecule has 0 amide bonds. The third kappa shape index (κ3) is 1.12. The third-order valence-electron chi connectivity index (χ3n) is 3.94. The first-order valence-corrected chi connectivity index (χ1v) is 5.16. The second-order valence-corrected chi connectivity index (χ2v) is 5.05. The van der Waals surface area contributed by atoms with Crippen molar-refractivity contribution in [2.24, 2.45) is 12.8 Å². The van der Waals surface area contributed by atoms with Gasteiger partial charge in [0, 0.05) is 29.3 Å². The summed E-state index contributed by atoms with van der Waals surface area (Å²) in [4.78, 5) is 0. The predicted octanol–water partition coefficient (Wildman–Crippen LogP) is 1.50. The highest BCUT2D eigenvalue weighted by Gasteiger charge is 2.52. The molecule has 3 heteroatoms. The molecule has 0 saturated heterocycles. The van der Waals surface area contributed by atoms with E-state index in [2.05, 4.69) is 25.9 Å². The van der Waals surface area contributed by atoms with Crippen molar-refractivity contribution in [2.75, 3.05) is 0 Å². The van der Waals surface area contributed by atoms with E-state index in [0.29, 0.717) is 0 Å². The number of hydrogen-bond donors (Lipinski definition) is 1. The molecule has 1 aromatic heterocycles. The van der Waals surface area contributed by atoms with Crippen LogP contribution in [0.4, 0.5) is 0 Å². The van der Waals surface area contributed by atoms with Gasteiger partial charge in [0.2, 0.25) is 0 Å². The maximum atomic E-state index is 6.30. The highest BCUT2D eigenvalue weighted by Crippen LogP contribution is 2.49. The summed E-state index contributed by atoms with van der Waals surface area (Å²) in [6, 6.07) is 0. The molecular weight excluding hydrogens is 174 g/mol. The Labute approximate surface area is 85.3 Å². The van der Waals surface area contributed by atoms with Crippen molar-refractivity contribution in [1.82, 2.24) is 9.78 Å². The molecular formula is C11H19N3. The minimum Gasteiger partial charge on any atom is -0.324 e. The van der Waals surface area contributed by atoms with Crippen LogP contribution >= 0.6 is 0 Å². The molecule has 1 aromatic rings. The fourth-order valence-corrected chi connectivity index (χ4v) is 2.14. The molecule has 1 heterocycles. The van der Waals surface area contributed by atoms with E-state index >= 15 is 0 Å². The van der Waals surface area contributed by atoms with E-state index in [1.165, 1.54) is 11.3 Å². The SMILES string of the molecule is Cc1c(C(C)(C)C2(N)CC2)cnn1C. The number of aryl methyl sites for hydroxylation is 1. The zero-order valence-corrected chi connectivity index (χ0v) is 9.46. The molecule has 0 spiro atoms. The van der Waals surface area contributed by atoms with E-state index in [-0.39, 0.29) is 11.0 Å². The fraction of sp³-hybridized carbons (Fsp3) is 0.727. The number of hydrogen-bond acceptors (Lipinski definition) is 2. The first kappa shape index (κ1) is 9.71. The zero-order chi connectivity index (χ0) is 10.6. The molecule has 0 aromatic carbocycles. The average molecular weight is 193 g/mol. The summed E-state index contributed by atoms with van der Waals surface area (Å²) in [6.45, 7) is 6.56. The van der Waals surface area contributed by atoms with Crippen molar-refractivity contribution < 1.29 is 0 Å². The lowest BCUT2D eigenvalue weighted by Gasteiger charge is -2.31. The highest BCUT2D eigenvalue weighted by atomic mass is 15.3. The molecule has 0 aliphatic heterocycles. The van der Waals surface area contributed by atoms with Crippen LogP contribution in [0.5, 0.6) is 0 Å². The molecule has 2 rings (SSSR count). The van der Waals surface area contributed by atoms with Gasteiger partial charge in [-0.15, -0.1) is 0 Å². The number of aromatic nitrogens is 2. The van der Waals surface area contributed by atoms with Crippen molar-refractivity contribution in [1.29, 1.82) is 0 Å². The van der Waals surface area contributed by atoms with Gasteiger partial charge in [-0.3, -0.25) is 4.68 Å². The van der Waals surface area contributed by atoms with E-state index in [1.54, 1.807) is 0 Å². The molecule has 0 unspecified atom stereocenters. The van der Waals surface area contributed by atoms with Crippen molar-refractivity contribution in [3.8, 4) is 0 Å². The largest absolute Gasteiger partial charge is 0.324 e. The third-order valence-corrected chi connectivity index (χ3v) is 3.94. The van der Waals surface area contributed by atoms with Gasteiger partial charge in [0.15, 0.2) is 0 Å². The lowest BCUT2D eigenvalue weighted by molar-refractivity contribution is 0.389. The summed E-state index contributed by atoms with van der Waals surface area (Å²) < 4.78 is 1.92. The Morgan fingerprint density at radius 2 is 2.07 bits per heavy atom. The highest BCUT2D eigenvalue weighted by molar-refractivity contribution is 5.33. The van der Waals surface area contributed by atoms with Gasteiger partial charge in [-0.2, -0.15) is 5.10 Å². The smallest absolute Gasteiger partial charge is 0.0530 e. The summed E-state index contributed by atoms with van der Waals surface area (Å²) in [5.41, 5.74) is 8.87. The van der Waals surface area contributed by atoms with Gasteiger partial charge >= 0.3 is 0 Å². The first-order chi connectivity index (χ1) is 6.38. The Bertz CT molecular complexity index is 359. The Hall–Kier alpha value is -0.830. The predicted molar refractivity (Wildman–Crippen MR) is 57.1 cm³/mol. The summed E-state index contributed by atoms with van der Waals surface area (Å²) in [7, 11) is 1.98. The molecule has 1 saturated carbocycles. The van der Waals surface area contributed by atoms with Crippen molar-refractivity contribution in [3.63, 3.8) is 0 Å². The minimum absolute atomic E-state index is 0.000787. The average Bonchev–Trinajstić information content (AvgIpc) is 2.76. The maximum absolute atomic E-state index is 6.30. The van der Waals surface area contributed by atoms with Gasteiger partial charge in [0.1, 0.15) is 0 Å². The number of nitrogens with two attached hydrogens (primary N) is 1. The quantitative estimate of drug-likeness (QED) is 0.773. The molecule has 14 heavy (non-hydrogen) atoms.